The van der Waals surface area contributed by atoms with E-state index in [1.54, 1.807) is 13.8 Å². The van der Waals surface area contributed by atoms with E-state index in [2.05, 4.69) is 0 Å². The number of ether oxygens (including phenoxy) is 3. The fourth-order valence-corrected chi connectivity index (χ4v) is 3.78. The third kappa shape index (κ3) is 5.15. The van der Waals surface area contributed by atoms with Crippen molar-refractivity contribution < 1.29 is 36.7 Å². The predicted molar refractivity (Wildman–Crippen MR) is 87.7 cm³/mol. The van der Waals surface area contributed by atoms with E-state index in [4.69, 9.17) is 22.9 Å². The Hall–Kier alpha value is -1.19. The van der Waals surface area contributed by atoms with Gasteiger partial charge in [0.1, 0.15) is 25.4 Å². The van der Waals surface area contributed by atoms with E-state index in [-0.39, 0.29) is 31.0 Å². The minimum absolute atomic E-state index is 0.0470. The fourth-order valence-electron chi connectivity index (χ4n) is 3.32. The second-order valence-corrected chi connectivity index (χ2v) is 7.79. The maximum absolute atomic E-state index is 11.8. The summed E-state index contributed by atoms with van der Waals surface area (Å²) in [6.45, 7) is 5.30. The van der Waals surface area contributed by atoms with Crippen molar-refractivity contribution in [2.75, 3.05) is 13.2 Å². The molecule has 2 saturated carbocycles. The summed E-state index contributed by atoms with van der Waals surface area (Å²) in [5, 5.41) is 0. The Morgan fingerprint density at radius 3 is 2.32 bits per heavy atom. The van der Waals surface area contributed by atoms with Crippen molar-refractivity contribution in [3.8, 4) is 0 Å². The molecule has 0 heterocycles. The van der Waals surface area contributed by atoms with Crippen LogP contribution in [0.3, 0.4) is 0 Å². The molecule has 2 aliphatic carbocycles. The monoisotopic (exact) mass is 378 g/mol. The molecule has 0 aromatic rings. The maximum Gasteiger partial charge on any atom is 0.508 e. The van der Waals surface area contributed by atoms with Gasteiger partial charge in [-0.1, -0.05) is 6.92 Å². The standard InChI is InChI=1S/C16H26O8S/c1-4-16(2,3)14(17)21-7-8-22-15(18)23-12-10-5-6-11(9-10)13(12)24-25(19)20/h10-13H,4-9H2,1-3H3,(H,19,20). The third-order valence-corrected chi connectivity index (χ3v) is 5.55. The lowest BCUT2D eigenvalue weighted by atomic mass is 9.91. The Balaban J connectivity index is 1.73. The Morgan fingerprint density at radius 1 is 1.12 bits per heavy atom. The number of carbonyl (C=O) groups excluding carboxylic acids is 2. The normalized spacial score (nSPS) is 29.3. The summed E-state index contributed by atoms with van der Waals surface area (Å²) in [5.41, 5.74) is -0.575. The van der Waals surface area contributed by atoms with E-state index in [9.17, 15) is 13.8 Å². The topological polar surface area (TPSA) is 108 Å². The van der Waals surface area contributed by atoms with Gasteiger partial charge >= 0.3 is 23.5 Å². The first-order valence-electron chi connectivity index (χ1n) is 8.53. The van der Waals surface area contributed by atoms with Crippen LogP contribution in [0.4, 0.5) is 4.79 Å². The van der Waals surface area contributed by atoms with Crippen LogP contribution >= 0.6 is 0 Å². The molecule has 2 aliphatic rings. The zero-order valence-corrected chi connectivity index (χ0v) is 15.6. The molecule has 5 atom stereocenters. The van der Waals surface area contributed by atoms with Gasteiger partial charge < -0.3 is 14.2 Å². The lowest BCUT2D eigenvalue weighted by molar-refractivity contribution is -0.155. The fraction of sp³-hybridized carbons (Fsp3) is 0.875. The highest BCUT2D eigenvalue weighted by atomic mass is 32.2. The van der Waals surface area contributed by atoms with E-state index < -0.39 is 35.1 Å². The molecule has 2 rings (SSSR count). The highest BCUT2D eigenvalue weighted by Crippen LogP contribution is 2.47. The molecule has 0 aromatic heterocycles. The molecule has 5 unspecified atom stereocenters. The first-order chi connectivity index (χ1) is 11.7. The van der Waals surface area contributed by atoms with Gasteiger partial charge in [-0.2, -0.15) is 4.21 Å². The minimum Gasteiger partial charge on any atom is -0.462 e. The number of fused-ring (bicyclic) bond motifs is 2. The van der Waals surface area contributed by atoms with Crippen LogP contribution < -0.4 is 0 Å². The summed E-state index contributed by atoms with van der Waals surface area (Å²) in [7, 11) is 0. The van der Waals surface area contributed by atoms with Crippen LogP contribution in [0.2, 0.25) is 0 Å². The van der Waals surface area contributed by atoms with Gasteiger partial charge in [0.2, 0.25) is 0 Å². The van der Waals surface area contributed by atoms with Crippen molar-refractivity contribution in [2.45, 2.75) is 58.7 Å². The summed E-state index contributed by atoms with van der Waals surface area (Å²) in [4.78, 5) is 23.6. The van der Waals surface area contributed by atoms with Crippen molar-refractivity contribution in [1.82, 2.24) is 0 Å². The van der Waals surface area contributed by atoms with Crippen LogP contribution in [0.15, 0.2) is 0 Å². The first-order valence-corrected chi connectivity index (χ1v) is 9.56. The van der Waals surface area contributed by atoms with Crippen LogP contribution in [0.1, 0.15) is 46.5 Å². The van der Waals surface area contributed by atoms with E-state index in [0.717, 1.165) is 19.3 Å². The van der Waals surface area contributed by atoms with Crippen LogP contribution in [0, 0.1) is 17.3 Å². The molecule has 0 spiro atoms. The van der Waals surface area contributed by atoms with Crippen LogP contribution in [-0.4, -0.2) is 46.3 Å². The van der Waals surface area contributed by atoms with Gasteiger partial charge in [0.15, 0.2) is 0 Å². The van der Waals surface area contributed by atoms with Gasteiger partial charge in [-0.25, -0.2) is 4.79 Å². The molecule has 2 bridgehead atoms. The van der Waals surface area contributed by atoms with Crippen molar-refractivity contribution in [1.29, 1.82) is 0 Å². The molecule has 0 aliphatic heterocycles. The Labute approximate surface area is 150 Å². The molecule has 2 fully saturated rings. The molecule has 0 amide bonds. The zero-order chi connectivity index (χ0) is 18.6. The van der Waals surface area contributed by atoms with E-state index in [1.807, 2.05) is 6.92 Å². The number of carbonyl (C=O) groups is 2. The number of rotatable bonds is 8. The predicted octanol–water partition coefficient (Wildman–Crippen LogP) is 2.44. The average molecular weight is 378 g/mol. The zero-order valence-electron chi connectivity index (χ0n) is 14.8. The lowest BCUT2D eigenvalue weighted by Crippen LogP contribution is -2.39. The molecular formula is C16H26O8S. The molecule has 9 heteroatoms. The van der Waals surface area contributed by atoms with Crippen LogP contribution in [-0.2, 0) is 34.5 Å². The van der Waals surface area contributed by atoms with E-state index >= 15 is 0 Å². The smallest absolute Gasteiger partial charge is 0.462 e. The first kappa shape index (κ1) is 20.1. The molecule has 0 saturated heterocycles. The van der Waals surface area contributed by atoms with E-state index in [0.29, 0.717) is 6.42 Å². The number of hydrogen-bond donors (Lipinski definition) is 1. The van der Waals surface area contributed by atoms with E-state index in [1.165, 1.54) is 0 Å². The summed E-state index contributed by atoms with van der Waals surface area (Å²) in [6.07, 6.45) is 1.19. The SMILES string of the molecule is CCC(C)(C)C(=O)OCCOC(=O)OC1C2CCC(C2)C1OS(=O)O. The highest BCUT2D eigenvalue weighted by molar-refractivity contribution is 7.74. The van der Waals surface area contributed by atoms with Gasteiger partial charge in [0.05, 0.1) is 5.41 Å². The lowest BCUT2D eigenvalue weighted by Gasteiger charge is -2.28. The molecular weight excluding hydrogens is 352 g/mol. The van der Waals surface area contributed by atoms with Gasteiger partial charge in [-0.05, 0) is 51.4 Å². The highest BCUT2D eigenvalue weighted by Gasteiger charge is 2.51. The largest absolute Gasteiger partial charge is 0.508 e. The van der Waals surface area contributed by atoms with Crippen molar-refractivity contribution in [2.24, 2.45) is 17.3 Å². The Kier molecular flexibility index (Phi) is 6.81. The van der Waals surface area contributed by atoms with Gasteiger partial charge in [0.25, 0.3) is 0 Å². The second kappa shape index (κ2) is 8.46. The van der Waals surface area contributed by atoms with Crippen molar-refractivity contribution in [3.05, 3.63) is 0 Å². The van der Waals surface area contributed by atoms with Gasteiger partial charge in [0, 0.05) is 0 Å². The molecule has 0 aromatic carbocycles. The Morgan fingerprint density at radius 2 is 1.72 bits per heavy atom. The van der Waals surface area contributed by atoms with Crippen molar-refractivity contribution >= 4 is 23.5 Å². The summed E-state index contributed by atoms with van der Waals surface area (Å²) < 4.78 is 40.1. The van der Waals surface area contributed by atoms with Crippen LogP contribution in [0.5, 0.6) is 0 Å². The summed E-state index contributed by atoms with van der Waals surface area (Å²) in [5.74, 6) is -0.107. The van der Waals surface area contributed by atoms with Crippen molar-refractivity contribution in [3.63, 3.8) is 0 Å². The summed E-state index contributed by atoms with van der Waals surface area (Å²) in [6, 6.07) is 0. The molecule has 1 N–H and O–H groups in total. The summed E-state index contributed by atoms with van der Waals surface area (Å²) >= 11 is -2.40. The average Bonchev–Trinajstić information content (AvgIpc) is 3.13. The molecule has 144 valence electrons. The molecule has 0 radical (unpaired) electrons. The number of hydrogen-bond acceptors (Lipinski definition) is 7. The van der Waals surface area contributed by atoms with Crippen LogP contribution in [0.25, 0.3) is 0 Å². The third-order valence-electron chi connectivity index (χ3n) is 5.17. The minimum atomic E-state index is -2.40. The maximum atomic E-state index is 11.8. The second-order valence-electron chi connectivity index (χ2n) is 7.17. The molecule has 8 nitrogen and oxygen atoms in total. The number of esters is 1. The van der Waals surface area contributed by atoms with Gasteiger partial charge in [-0.15, -0.1) is 0 Å². The Bertz CT molecular complexity index is 520. The molecule has 25 heavy (non-hydrogen) atoms. The quantitative estimate of drug-likeness (QED) is 0.390. The van der Waals surface area contributed by atoms with Gasteiger partial charge in [-0.3, -0.25) is 13.5 Å².